The van der Waals surface area contributed by atoms with Gasteiger partial charge in [0, 0.05) is 10.9 Å². The Hall–Kier alpha value is -1.66. The van der Waals surface area contributed by atoms with Gasteiger partial charge in [-0.05, 0) is 40.2 Å². The summed E-state index contributed by atoms with van der Waals surface area (Å²) in [6.07, 6.45) is 0.273. The highest BCUT2D eigenvalue weighted by atomic mass is 79.9. The Balaban J connectivity index is 2.43. The molecule has 2 aromatic carbocycles. The topological polar surface area (TPSA) is 60.4 Å². The van der Waals surface area contributed by atoms with Crippen LogP contribution in [0.25, 0.3) is 0 Å². The Morgan fingerprint density at radius 3 is 2.38 bits per heavy atom. The lowest BCUT2D eigenvalue weighted by molar-refractivity contribution is 0.0986. The molecule has 0 saturated heterocycles. The number of Topliss-reactive ketones (excluding diaryl/α,β-unsaturated/α-hetero) is 1. The molecule has 0 heterocycles. The molecule has 0 N–H and O–H groups in total. The molecule has 0 aliphatic rings. The highest BCUT2D eigenvalue weighted by molar-refractivity contribution is 9.10. The van der Waals surface area contributed by atoms with E-state index in [2.05, 4.69) is 15.9 Å². The first kappa shape index (κ1) is 15.7. The fourth-order valence-electron chi connectivity index (χ4n) is 1.77. The molecule has 6 heteroatoms. The number of benzene rings is 2. The van der Waals surface area contributed by atoms with Gasteiger partial charge in [-0.25, -0.2) is 0 Å². The fourth-order valence-corrected chi connectivity index (χ4v) is 3.67. The van der Waals surface area contributed by atoms with Crippen LogP contribution in [-0.4, -0.2) is 14.2 Å². The zero-order chi connectivity index (χ0) is 15.5. The summed E-state index contributed by atoms with van der Waals surface area (Å²) in [4.78, 5) is 11.9. The van der Waals surface area contributed by atoms with Crippen LogP contribution in [0.15, 0.2) is 57.9 Å². The predicted octanol–water partition coefficient (Wildman–Crippen LogP) is 3.81. The van der Waals surface area contributed by atoms with E-state index >= 15 is 0 Å². The zero-order valence-electron chi connectivity index (χ0n) is 11.2. The maximum absolute atomic E-state index is 12.3. The first-order chi connectivity index (χ1) is 9.95. The van der Waals surface area contributed by atoms with E-state index in [1.165, 1.54) is 12.1 Å². The van der Waals surface area contributed by atoms with Crippen LogP contribution in [-0.2, 0) is 10.1 Å². The average Bonchev–Trinajstić information content (AvgIpc) is 2.47. The van der Waals surface area contributed by atoms with Crippen molar-refractivity contribution in [1.82, 2.24) is 0 Å². The second-order valence-electron chi connectivity index (χ2n) is 4.24. The Morgan fingerprint density at radius 2 is 1.71 bits per heavy atom. The van der Waals surface area contributed by atoms with Crippen LogP contribution < -0.4 is 4.18 Å². The summed E-state index contributed by atoms with van der Waals surface area (Å²) >= 11 is 3.18. The summed E-state index contributed by atoms with van der Waals surface area (Å²) in [6, 6.07) is 12.7. The van der Waals surface area contributed by atoms with Crippen molar-refractivity contribution in [3.8, 4) is 5.75 Å². The van der Waals surface area contributed by atoms with Crippen LogP contribution >= 0.6 is 15.9 Å². The highest BCUT2D eigenvalue weighted by Crippen LogP contribution is 2.27. The molecule has 0 aliphatic carbocycles. The Morgan fingerprint density at radius 1 is 1.10 bits per heavy atom. The molecular weight excluding hydrogens is 356 g/mol. The molecule has 0 amide bonds. The Kier molecular flexibility index (Phi) is 4.80. The van der Waals surface area contributed by atoms with Gasteiger partial charge in [-0.2, -0.15) is 8.42 Å². The smallest absolute Gasteiger partial charge is 0.340 e. The number of para-hydroxylation sites is 1. The van der Waals surface area contributed by atoms with Gasteiger partial charge in [-0.15, -0.1) is 0 Å². The summed E-state index contributed by atoms with van der Waals surface area (Å²) in [7, 11) is -4.01. The number of rotatable bonds is 5. The van der Waals surface area contributed by atoms with Gasteiger partial charge in [0.15, 0.2) is 11.5 Å². The lowest BCUT2D eigenvalue weighted by atomic mass is 10.1. The fraction of sp³-hybridized carbons (Fsp3) is 0.133. The summed E-state index contributed by atoms with van der Waals surface area (Å²) in [5.74, 6) is -0.131. The molecule has 2 aromatic rings. The van der Waals surface area contributed by atoms with Gasteiger partial charge in [0.05, 0.1) is 5.56 Å². The number of halogens is 1. The quantitative estimate of drug-likeness (QED) is 0.594. The molecule has 0 aliphatic heterocycles. The summed E-state index contributed by atoms with van der Waals surface area (Å²) in [5, 5.41) is 0. The van der Waals surface area contributed by atoms with Crippen LogP contribution in [0.4, 0.5) is 0 Å². The number of carbonyl (C=O) groups is 1. The molecule has 21 heavy (non-hydrogen) atoms. The third-order valence-corrected chi connectivity index (χ3v) is 5.06. The van der Waals surface area contributed by atoms with Crippen molar-refractivity contribution in [2.24, 2.45) is 0 Å². The third-order valence-electron chi connectivity index (χ3n) is 2.81. The molecule has 2 rings (SSSR count). The van der Waals surface area contributed by atoms with E-state index in [0.29, 0.717) is 4.47 Å². The minimum Gasteiger partial charge on any atom is -0.378 e. The van der Waals surface area contributed by atoms with E-state index in [1.54, 1.807) is 43.3 Å². The van der Waals surface area contributed by atoms with Crippen molar-refractivity contribution in [1.29, 1.82) is 0 Å². The molecule has 0 unspecified atom stereocenters. The summed E-state index contributed by atoms with van der Waals surface area (Å²) in [5.41, 5.74) is 0.260. The van der Waals surface area contributed by atoms with Gasteiger partial charge in [0.2, 0.25) is 0 Å². The summed E-state index contributed by atoms with van der Waals surface area (Å²) < 4.78 is 30.2. The lowest BCUT2D eigenvalue weighted by Crippen LogP contribution is -2.12. The van der Waals surface area contributed by atoms with E-state index in [-0.39, 0.29) is 28.4 Å². The van der Waals surface area contributed by atoms with E-state index in [4.69, 9.17) is 4.18 Å². The molecule has 0 bridgehead atoms. The van der Waals surface area contributed by atoms with E-state index in [0.717, 1.165) is 0 Å². The first-order valence-corrected chi connectivity index (χ1v) is 8.47. The van der Waals surface area contributed by atoms with Crippen molar-refractivity contribution < 1.29 is 17.4 Å². The number of ketones is 1. The largest absolute Gasteiger partial charge is 0.378 e. The average molecular weight is 369 g/mol. The van der Waals surface area contributed by atoms with Gasteiger partial charge in [0.25, 0.3) is 0 Å². The van der Waals surface area contributed by atoms with Crippen molar-refractivity contribution >= 4 is 31.8 Å². The van der Waals surface area contributed by atoms with Crippen LogP contribution in [0, 0.1) is 0 Å². The summed E-state index contributed by atoms with van der Waals surface area (Å²) in [6.45, 7) is 1.71. The molecule has 0 saturated carbocycles. The van der Waals surface area contributed by atoms with Gasteiger partial charge < -0.3 is 4.18 Å². The second kappa shape index (κ2) is 6.41. The molecule has 110 valence electrons. The zero-order valence-corrected chi connectivity index (χ0v) is 13.6. The standard InChI is InChI=1S/C15H13BrO4S/c1-2-13(17)11-7-3-5-9-14(11)20-21(18,19)15-10-6-4-8-12(15)16/h3-10H,2H2,1H3. The van der Waals surface area contributed by atoms with Gasteiger partial charge in [-0.3, -0.25) is 4.79 Å². The minimum absolute atomic E-state index is 0.0174. The lowest BCUT2D eigenvalue weighted by Gasteiger charge is -2.11. The van der Waals surface area contributed by atoms with Crippen molar-refractivity contribution in [2.75, 3.05) is 0 Å². The van der Waals surface area contributed by atoms with Gasteiger partial charge in [-0.1, -0.05) is 31.2 Å². The number of hydrogen-bond acceptors (Lipinski definition) is 4. The van der Waals surface area contributed by atoms with Gasteiger partial charge >= 0.3 is 10.1 Å². The SMILES string of the molecule is CCC(=O)c1ccccc1OS(=O)(=O)c1ccccc1Br. The van der Waals surface area contributed by atoms with Crippen molar-refractivity contribution in [2.45, 2.75) is 18.2 Å². The molecule has 0 fully saturated rings. The van der Waals surface area contributed by atoms with Crippen LogP contribution in [0.1, 0.15) is 23.7 Å². The monoisotopic (exact) mass is 368 g/mol. The predicted molar refractivity (Wildman–Crippen MR) is 83.0 cm³/mol. The second-order valence-corrected chi connectivity index (χ2v) is 6.61. The van der Waals surface area contributed by atoms with Gasteiger partial charge in [0.1, 0.15) is 4.90 Å². The molecular formula is C15H13BrO4S. The van der Waals surface area contributed by atoms with E-state index in [1.807, 2.05) is 0 Å². The molecule has 4 nitrogen and oxygen atoms in total. The Bertz CT molecular complexity index is 769. The molecule has 0 spiro atoms. The van der Waals surface area contributed by atoms with Crippen LogP contribution in [0.3, 0.4) is 0 Å². The van der Waals surface area contributed by atoms with Crippen molar-refractivity contribution in [3.63, 3.8) is 0 Å². The highest BCUT2D eigenvalue weighted by Gasteiger charge is 2.22. The van der Waals surface area contributed by atoms with Crippen LogP contribution in [0.2, 0.25) is 0 Å². The van der Waals surface area contributed by atoms with Crippen molar-refractivity contribution in [3.05, 3.63) is 58.6 Å². The molecule has 0 atom stereocenters. The number of carbonyl (C=O) groups excluding carboxylic acids is 1. The maximum atomic E-state index is 12.3. The van der Waals surface area contributed by atoms with Crippen LogP contribution in [0.5, 0.6) is 5.75 Å². The van der Waals surface area contributed by atoms with E-state index < -0.39 is 10.1 Å². The first-order valence-electron chi connectivity index (χ1n) is 6.27. The normalized spacial score (nSPS) is 11.1. The Labute approximate surface area is 132 Å². The number of hydrogen-bond donors (Lipinski definition) is 0. The minimum atomic E-state index is -4.01. The molecule has 0 radical (unpaired) electrons. The maximum Gasteiger partial charge on any atom is 0.340 e. The molecule has 0 aromatic heterocycles. The van der Waals surface area contributed by atoms with E-state index in [9.17, 15) is 13.2 Å². The third kappa shape index (κ3) is 3.51.